The normalized spacial score (nSPS) is 26.8. The van der Waals surface area contributed by atoms with Crippen molar-refractivity contribution in [2.75, 3.05) is 20.1 Å². The van der Waals surface area contributed by atoms with Crippen LogP contribution in [0.2, 0.25) is 0 Å². The van der Waals surface area contributed by atoms with Gasteiger partial charge in [0.2, 0.25) is 0 Å². The van der Waals surface area contributed by atoms with Gasteiger partial charge in [0.1, 0.15) is 11.4 Å². The Hall–Kier alpha value is -1.10. The summed E-state index contributed by atoms with van der Waals surface area (Å²) in [5.41, 5.74) is 1.07. The predicted octanol–water partition coefficient (Wildman–Crippen LogP) is 1.93. The highest BCUT2D eigenvalue weighted by molar-refractivity contribution is 6.42. The summed E-state index contributed by atoms with van der Waals surface area (Å²) in [5.74, 6) is 0. The monoisotopic (exact) mass is 227 g/mol. The lowest BCUT2D eigenvalue weighted by atomic mass is 10.0. The van der Waals surface area contributed by atoms with Gasteiger partial charge in [0.15, 0.2) is 0 Å². The summed E-state index contributed by atoms with van der Waals surface area (Å²) in [5, 5.41) is 24.2. The molecule has 16 heavy (non-hydrogen) atoms. The number of hydrogen-bond acceptors (Lipinski definition) is 5. The van der Waals surface area contributed by atoms with Crippen molar-refractivity contribution in [3.8, 4) is 0 Å². The first-order chi connectivity index (χ1) is 7.77. The largest absolute Gasteiger partial charge is 0.411 e. The summed E-state index contributed by atoms with van der Waals surface area (Å²) < 4.78 is 0. The fraction of sp³-hybridized carbons (Fsp3) is 0.818. The van der Waals surface area contributed by atoms with E-state index in [4.69, 9.17) is 10.4 Å². The first-order valence-electron chi connectivity index (χ1n) is 5.88. The topological polar surface area (TPSA) is 68.4 Å². The van der Waals surface area contributed by atoms with E-state index in [0.29, 0.717) is 24.3 Å². The quantitative estimate of drug-likeness (QED) is 0.491. The molecule has 0 amide bonds. The summed E-state index contributed by atoms with van der Waals surface area (Å²) in [6, 6.07) is 0. The van der Waals surface area contributed by atoms with Crippen molar-refractivity contribution in [2.45, 2.75) is 38.5 Å². The van der Waals surface area contributed by atoms with Crippen molar-refractivity contribution in [1.82, 2.24) is 4.90 Å². The smallest absolute Gasteiger partial charge is 0.104 e. The predicted molar refractivity (Wildman–Crippen MR) is 63.6 cm³/mol. The maximum atomic E-state index is 8.88. The molecule has 0 aliphatic carbocycles. The van der Waals surface area contributed by atoms with Gasteiger partial charge < -0.3 is 15.3 Å². The minimum absolute atomic E-state index is 0.534. The molecule has 0 bridgehead atoms. The molecule has 0 atom stereocenters. The van der Waals surface area contributed by atoms with Gasteiger partial charge in [0, 0.05) is 0 Å². The van der Waals surface area contributed by atoms with Crippen LogP contribution >= 0.6 is 0 Å². The van der Waals surface area contributed by atoms with Gasteiger partial charge in [0.05, 0.1) is 0 Å². The maximum absolute atomic E-state index is 8.88. The Kier molecular flexibility index (Phi) is 5.85. The molecule has 1 saturated heterocycles. The van der Waals surface area contributed by atoms with E-state index >= 15 is 0 Å². The second-order valence-electron chi connectivity index (χ2n) is 4.31. The van der Waals surface area contributed by atoms with Crippen molar-refractivity contribution in [1.29, 1.82) is 0 Å². The van der Waals surface area contributed by atoms with E-state index in [1.165, 1.54) is 0 Å². The molecule has 0 aromatic rings. The third-order valence-corrected chi connectivity index (χ3v) is 2.98. The van der Waals surface area contributed by atoms with Crippen molar-refractivity contribution in [3.05, 3.63) is 0 Å². The van der Waals surface area contributed by atoms with Crippen LogP contribution in [0.15, 0.2) is 10.3 Å². The average molecular weight is 227 g/mol. The molecule has 0 saturated carbocycles. The number of rotatable bonds is 0. The van der Waals surface area contributed by atoms with Gasteiger partial charge in [-0.15, -0.1) is 0 Å². The van der Waals surface area contributed by atoms with E-state index in [9.17, 15) is 0 Å². The average Bonchev–Trinajstić information content (AvgIpc) is 2.33. The Morgan fingerprint density at radius 2 is 1.31 bits per heavy atom. The van der Waals surface area contributed by atoms with Crippen LogP contribution in [0.5, 0.6) is 0 Å². The summed E-state index contributed by atoms with van der Waals surface area (Å²) in [4.78, 5) is 2.32. The van der Waals surface area contributed by atoms with Crippen molar-refractivity contribution in [2.24, 2.45) is 10.3 Å². The van der Waals surface area contributed by atoms with E-state index in [2.05, 4.69) is 22.3 Å². The minimum Gasteiger partial charge on any atom is -0.411 e. The van der Waals surface area contributed by atoms with E-state index in [1.807, 2.05) is 0 Å². The number of hydrogen-bond donors (Lipinski definition) is 2. The van der Waals surface area contributed by atoms with E-state index < -0.39 is 0 Å². The molecular formula is C11H21N3O2. The van der Waals surface area contributed by atoms with E-state index in [1.54, 1.807) is 0 Å². The highest BCUT2D eigenvalue weighted by atomic mass is 16.4. The third kappa shape index (κ3) is 4.18. The summed E-state index contributed by atoms with van der Waals surface area (Å²) >= 11 is 0. The molecule has 0 aromatic carbocycles. The Bertz CT molecular complexity index is 238. The van der Waals surface area contributed by atoms with Gasteiger partial charge in [-0.05, 0) is 58.7 Å². The van der Waals surface area contributed by atoms with Crippen LogP contribution in [0.1, 0.15) is 38.5 Å². The van der Waals surface area contributed by atoms with Crippen LogP contribution < -0.4 is 0 Å². The van der Waals surface area contributed by atoms with Gasteiger partial charge in [-0.25, -0.2) is 0 Å². The van der Waals surface area contributed by atoms with E-state index in [0.717, 1.165) is 38.8 Å². The zero-order valence-corrected chi connectivity index (χ0v) is 9.89. The van der Waals surface area contributed by atoms with Gasteiger partial charge in [0.25, 0.3) is 0 Å². The molecule has 1 rings (SSSR count). The molecule has 5 nitrogen and oxygen atoms in total. The molecule has 1 heterocycles. The Balaban J connectivity index is 2.60. The highest BCUT2D eigenvalue weighted by Crippen LogP contribution is 2.09. The SMILES string of the molecule is CN1CCCCC(=NO)C(=NO)CCCC1. The van der Waals surface area contributed by atoms with Crippen LogP contribution in [0, 0.1) is 0 Å². The second kappa shape index (κ2) is 7.22. The molecule has 0 unspecified atom stereocenters. The minimum atomic E-state index is 0.534. The highest BCUT2D eigenvalue weighted by Gasteiger charge is 2.12. The molecule has 1 aliphatic rings. The standard InChI is InChI=1S/C11H21N3O2/c1-14-8-4-2-6-10(12-15)11(13-16)7-3-5-9-14/h15-16H,2-9H2,1H3. The first-order valence-corrected chi connectivity index (χ1v) is 5.88. The molecular weight excluding hydrogens is 206 g/mol. The lowest BCUT2D eigenvalue weighted by Gasteiger charge is -2.15. The van der Waals surface area contributed by atoms with Gasteiger partial charge >= 0.3 is 0 Å². The van der Waals surface area contributed by atoms with Crippen LogP contribution in [0.3, 0.4) is 0 Å². The van der Waals surface area contributed by atoms with Crippen molar-refractivity contribution < 1.29 is 10.4 Å². The van der Waals surface area contributed by atoms with E-state index in [-0.39, 0.29) is 0 Å². The molecule has 5 heteroatoms. The van der Waals surface area contributed by atoms with Crippen LogP contribution in [0.4, 0.5) is 0 Å². The van der Waals surface area contributed by atoms with Crippen LogP contribution in [-0.2, 0) is 0 Å². The molecule has 2 N–H and O–H groups in total. The van der Waals surface area contributed by atoms with Crippen LogP contribution in [-0.4, -0.2) is 46.9 Å². The fourth-order valence-electron chi connectivity index (χ4n) is 1.96. The lowest BCUT2D eigenvalue weighted by molar-refractivity contribution is 0.312. The Labute approximate surface area is 96.4 Å². The summed E-state index contributed by atoms with van der Waals surface area (Å²) in [6.45, 7) is 2.15. The summed E-state index contributed by atoms with van der Waals surface area (Å²) in [6.07, 6.45) is 5.45. The second-order valence-corrected chi connectivity index (χ2v) is 4.31. The zero-order chi connectivity index (χ0) is 11.8. The Morgan fingerprint density at radius 1 is 0.875 bits per heavy atom. The van der Waals surface area contributed by atoms with Gasteiger partial charge in [-0.2, -0.15) is 0 Å². The lowest BCUT2D eigenvalue weighted by Crippen LogP contribution is -2.20. The van der Waals surface area contributed by atoms with Gasteiger partial charge in [-0.1, -0.05) is 10.3 Å². The maximum Gasteiger partial charge on any atom is 0.104 e. The van der Waals surface area contributed by atoms with Crippen molar-refractivity contribution >= 4 is 11.4 Å². The molecule has 1 aliphatic heterocycles. The van der Waals surface area contributed by atoms with Crippen molar-refractivity contribution in [3.63, 3.8) is 0 Å². The molecule has 0 radical (unpaired) electrons. The number of nitrogens with zero attached hydrogens (tertiary/aromatic N) is 3. The van der Waals surface area contributed by atoms with Crippen LogP contribution in [0.25, 0.3) is 0 Å². The number of oxime groups is 2. The van der Waals surface area contributed by atoms with Gasteiger partial charge in [-0.3, -0.25) is 0 Å². The molecule has 0 aromatic heterocycles. The zero-order valence-electron chi connectivity index (χ0n) is 9.89. The molecule has 0 spiro atoms. The Morgan fingerprint density at radius 3 is 1.69 bits per heavy atom. The molecule has 1 fully saturated rings. The summed E-state index contributed by atoms with van der Waals surface area (Å²) in [7, 11) is 2.12. The first kappa shape index (κ1) is 13.0. The third-order valence-electron chi connectivity index (χ3n) is 2.98. The fourth-order valence-corrected chi connectivity index (χ4v) is 1.96. The molecule has 92 valence electrons.